The lowest BCUT2D eigenvalue weighted by atomic mass is 10.1. The topological polar surface area (TPSA) is 77.3 Å². The van der Waals surface area contributed by atoms with E-state index in [1.54, 1.807) is 29.5 Å². The predicted molar refractivity (Wildman–Crippen MR) is 68.2 cm³/mol. The molecule has 0 unspecified atom stereocenters. The van der Waals surface area contributed by atoms with E-state index in [9.17, 15) is 18.5 Å². The first-order valence-corrected chi connectivity index (χ1v) is 7.58. The van der Waals surface area contributed by atoms with E-state index in [1.165, 1.54) is 12.1 Å². The van der Waals surface area contributed by atoms with Crippen LogP contribution in [0, 0.1) is 13.7 Å². The molecule has 16 heavy (non-hydrogen) atoms. The van der Waals surface area contributed by atoms with Gasteiger partial charge in [-0.3, -0.25) is 10.1 Å². The van der Waals surface area contributed by atoms with Gasteiger partial charge >= 0.3 is 0 Å². The van der Waals surface area contributed by atoms with Gasteiger partial charge in [-0.1, -0.05) is 6.92 Å². The summed E-state index contributed by atoms with van der Waals surface area (Å²) in [5.41, 5.74) is -0.0750. The maximum atomic E-state index is 11.3. The van der Waals surface area contributed by atoms with Gasteiger partial charge in [0.25, 0.3) is 14.7 Å². The van der Waals surface area contributed by atoms with Crippen molar-refractivity contribution in [2.24, 2.45) is 0 Å². The van der Waals surface area contributed by atoms with Crippen molar-refractivity contribution in [1.82, 2.24) is 0 Å². The number of benzene rings is 1. The zero-order valence-corrected chi connectivity index (χ0v) is 11.8. The van der Waals surface area contributed by atoms with Crippen LogP contribution in [0.3, 0.4) is 0 Å². The number of rotatable bonds is 3. The molecule has 0 saturated carbocycles. The lowest BCUT2D eigenvalue weighted by Crippen LogP contribution is -2.04. The summed E-state index contributed by atoms with van der Waals surface area (Å²) in [6.07, 6.45) is 0.231. The van der Waals surface area contributed by atoms with Crippen LogP contribution in [-0.4, -0.2) is 13.3 Å². The average Bonchev–Trinajstić information content (AvgIpc) is 2.14. The molecule has 0 radical (unpaired) electrons. The van der Waals surface area contributed by atoms with Crippen molar-refractivity contribution in [2.75, 3.05) is 0 Å². The molecule has 0 aromatic heterocycles. The van der Waals surface area contributed by atoms with Crippen molar-refractivity contribution in [3.63, 3.8) is 0 Å². The third-order valence-electron chi connectivity index (χ3n) is 1.98. The molecule has 8 heteroatoms. The van der Waals surface area contributed by atoms with Crippen molar-refractivity contribution in [3.05, 3.63) is 31.4 Å². The summed E-state index contributed by atoms with van der Waals surface area (Å²) in [6.45, 7) is 1.64. The molecule has 0 fully saturated rings. The van der Waals surface area contributed by atoms with Gasteiger partial charge in [-0.05, 0) is 35.1 Å². The molecule has 1 rings (SSSR count). The summed E-state index contributed by atoms with van der Waals surface area (Å²) < 4.78 is 23.1. The van der Waals surface area contributed by atoms with Crippen molar-refractivity contribution < 1.29 is 13.3 Å². The Morgan fingerprint density at radius 2 is 2.06 bits per heavy atom. The van der Waals surface area contributed by atoms with Gasteiger partial charge in [0.1, 0.15) is 4.90 Å². The van der Waals surface area contributed by atoms with Crippen molar-refractivity contribution >= 4 is 48.0 Å². The molecule has 5 nitrogen and oxygen atoms in total. The summed E-state index contributed by atoms with van der Waals surface area (Å²) in [6, 6.07) is 2.65. The van der Waals surface area contributed by atoms with Crippen LogP contribution in [0.2, 0.25) is 0 Å². The molecule has 0 aliphatic carbocycles. The second kappa shape index (κ2) is 4.84. The zero-order valence-electron chi connectivity index (χ0n) is 8.11. The van der Waals surface area contributed by atoms with Crippen LogP contribution < -0.4 is 0 Å². The molecular formula is C8H7ClINO4S. The smallest absolute Gasteiger partial charge is 0.258 e. The molecule has 1 aromatic carbocycles. The Morgan fingerprint density at radius 1 is 1.50 bits per heavy atom. The van der Waals surface area contributed by atoms with Crippen LogP contribution in [0.25, 0.3) is 0 Å². The second-order valence-electron chi connectivity index (χ2n) is 2.92. The Labute approximate surface area is 111 Å². The van der Waals surface area contributed by atoms with E-state index in [2.05, 4.69) is 0 Å². The van der Waals surface area contributed by atoms with Crippen molar-refractivity contribution in [1.29, 1.82) is 0 Å². The van der Waals surface area contributed by atoms with E-state index >= 15 is 0 Å². The monoisotopic (exact) mass is 375 g/mol. The first kappa shape index (κ1) is 13.7. The van der Waals surface area contributed by atoms with Crippen LogP contribution in [0.15, 0.2) is 17.0 Å². The fraction of sp³-hybridized carbons (Fsp3) is 0.250. The van der Waals surface area contributed by atoms with E-state index in [1.807, 2.05) is 0 Å². The highest BCUT2D eigenvalue weighted by Crippen LogP contribution is 2.32. The second-order valence-corrected chi connectivity index (χ2v) is 6.59. The number of hydrogen-bond donors (Lipinski definition) is 0. The van der Waals surface area contributed by atoms with Gasteiger partial charge in [-0.25, -0.2) is 8.42 Å². The molecule has 88 valence electrons. The number of nitrogens with zero attached hydrogens (tertiary/aromatic N) is 1. The third-order valence-corrected chi connectivity index (χ3v) is 4.66. The molecule has 1 aromatic rings. The summed E-state index contributed by atoms with van der Waals surface area (Å²) >= 11 is 1.79. The van der Waals surface area contributed by atoms with E-state index < -0.39 is 14.0 Å². The van der Waals surface area contributed by atoms with E-state index in [4.69, 9.17) is 10.7 Å². The van der Waals surface area contributed by atoms with Gasteiger partial charge in [0.15, 0.2) is 0 Å². The minimum Gasteiger partial charge on any atom is -0.258 e. The van der Waals surface area contributed by atoms with Gasteiger partial charge < -0.3 is 0 Å². The summed E-state index contributed by atoms with van der Waals surface area (Å²) in [5, 5.41) is 10.7. The summed E-state index contributed by atoms with van der Waals surface area (Å²) in [7, 11) is 1.30. The van der Waals surface area contributed by atoms with Gasteiger partial charge in [-0.15, -0.1) is 0 Å². The normalized spacial score (nSPS) is 11.4. The molecule has 0 bridgehead atoms. The quantitative estimate of drug-likeness (QED) is 0.352. The lowest BCUT2D eigenvalue weighted by molar-refractivity contribution is -0.385. The largest absolute Gasteiger partial charge is 0.273 e. The molecule has 0 atom stereocenters. The van der Waals surface area contributed by atoms with Crippen LogP contribution in [-0.2, 0) is 15.5 Å². The highest BCUT2D eigenvalue weighted by molar-refractivity contribution is 14.1. The Kier molecular flexibility index (Phi) is 4.13. The number of nitro groups is 1. The Hall–Kier alpha value is -0.410. The Morgan fingerprint density at radius 3 is 2.44 bits per heavy atom. The molecule has 0 amide bonds. The average molecular weight is 376 g/mol. The molecule has 0 heterocycles. The van der Waals surface area contributed by atoms with Gasteiger partial charge in [0, 0.05) is 20.3 Å². The van der Waals surface area contributed by atoms with Crippen molar-refractivity contribution in [2.45, 2.75) is 18.2 Å². The molecular weight excluding hydrogens is 369 g/mol. The summed E-state index contributed by atoms with van der Waals surface area (Å²) in [4.78, 5) is 9.97. The minimum atomic E-state index is -3.97. The van der Waals surface area contributed by atoms with Crippen LogP contribution in [0.5, 0.6) is 0 Å². The maximum Gasteiger partial charge on any atom is 0.273 e. The highest BCUT2D eigenvalue weighted by Gasteiger charge is 2.25. The van der Waals surface area contributed by atoms with Crippen LogP contribution in [0.1, 0.15) is 12.5 Å². The van der Waals surface area contributed by atoms with Gasteiger partial charge in [0.05, 0.1) is 10.5 Å². The Bertz CT molecular complexity index is 543. The van der Waals surface area contributed by atoms with Crippen LogP contribution >= 0.6 is 33.3 Å². The minimum absolute atomic E-state index is 0.145. The Balaban J connectivity index is 3.71. The van der Waals surface area contributed by atoms with E-state index in [0.717, 1.165) is 0 Å². The fourth-order valence-electron chi connectivity index (χ4n) is 1.37. The van der Waals surface area contributed by atoms with Crippen LogP contribution in [0.4, 0.5) is 5.69 Å². The first-order valence-electron chi connectivity index (χ1n) is 4.19. The fourth-order valence-corrected chi connectivity index (χ4v) is 4.50. The molecule has 0 N–H and O–H groups in total. The number of halogens is 2. The number of nitro benzene ring substituents is 1. The molecule has 0 spiro atoms. The number of hydrogen-bond acceptors (Lipinski definition) is 4. The standard InChI is InChI=1S/C8H7ClINO4S/c1-2-5-7(11(12)13)4-3-6(10)8(5)16(9,14)15/h3-4H,2H2,1H3. The van der Waals surface area contributed by atoms with Gasteiger partial charge in [0.2, 0.25) is 0 Å². The summed E-state index contributed by atoms with van der Waals surface area (Å²) in [5.74, 6) is 0. The van der Waals surface area contributed by atoms with Gasteiger partial charge in [-0.2, -0.15) is 0 Å². The predicted octanol–water partition coefficient (Wildman–Crippen LogP) is 2.69. The van der Waals surface area contributed by atoms with E-state index in [0.29, 0.717) is 3.57 Å². The SMILES string of the molecule is CCc1c([N+](=O)[O-])ccc(I)c1S(=O)(=O)Cl. The lowest BCUT2D eigenvalue weighted by Gasteiger charge is -2.07. The molecule has 0 saturated heterocycles. The third kappa shape index (κ3) is 2.64. The van der Waals surface area contributed by atoms with Crippen molar-refractivity contribution in [3.8, 4) is 0 Å². The zero-order chi connectivity index (χ0) is 12.5. The molecule has 0 aliphatic rings. The molecule has 0 aliphatic heterocycles. The highest BCUT2D eigenvalue weighted by atomic mass is 127. The van der Waals surface area contributed by atoms with E-state index in [-0.39, 0.29) is 22.6 Å². The first-order chi connectivity index (χ1) is 7.29. The maximum absolute atomic E-state index is 11.3.